The molecule has 1 aromatic heterocycles. The van der Waals surface area contributed by atoms with Gasteiger partial charge in [0.15, 0.2) is 8.32 Å². The SMILES string of the molecule is Cn1ncc(C2[B]OOC2)c1COCCO[Si](C)(C)C(C)(C)C. The summed E-state index contributed by atoms with van der Waals surface area (Å²) in [6.45, 7) is 13.5. The number of aryl methyl sites for hydroxylation is 1. The summed E-state index contributed by atoms with van der Waals surface area (Å²) in [5, 5.41) is 4.54. The first-order valence-electron chi connectivity index (χ1n) is 8.06. The summed E-state index contributed by atoms with van der Waals surface area (Å²) in [4.78, 5) is 9.81. The Labute approximate surface area is 140 Å². The van der Waals surface area contributed by atoms with E-state index in [1.54, 1.807) is 7.48 Å². The molecule has 2 rings (SSSR count). The Balaban J connectivity index is 1.80. The van der Waals surface area contributed by atoms with Crippen LogP contribution < -0.4 is 0 Å². The van der Waals surface area contributed by atoms with Crippen LogP contribution in [-0.2, 0) is 32.5 Å². The molecule has 129 valence electrons. The fraction of sp³-hybridized carbons (Fsp3) is 0.800. The molecule has 2 heterocycles. The largest absolute Gasteiger partial charge is 0.414 e. The summed E-state index contributed by atoms with van der Waals surface area (Å²) in [6, 6.07) is 0. The van der Waals surface area contributed by atoms with Crippen LogP contribution in [0.25, 0.3) is 0 Å². The van der Waals surface area contributed by atoms with Crippen molar-refractivity contribution in [2.24, 2.45) is 7.05 Å². The Hall–Kier alpha value is -0.668. The first-order chi connectivity index (χ1) is 10.7. The summed E-state index contributed by atoms with van der Waals surface area (Å²) in [5.74, 6) is 0.116. The van der Waals surface area contributed by atoms with Gasteiger partial charge in [-0.2, -0.15) is 5.10 Å². The molecule has 0 spiro atoms. The van der Waals surface area contributed by atoms with Gasteiger partial charge in [-0.05, 0) is 23.7 Å². The zero-order valence-corrected chi connectivity index (χ0v) is 16.1. The van der Waals surface area contributed by atoms with Crippen molar-refractivity contribution in [3.63, 3.8) is 0 Å². The molecule has 0 aromatic carbocycles. The molecule has 1 saturated heterocycles. The summed E-state index contributed by atoms with van der Waals surface area (Å²) < 4.78 is 13.8. The van der Waals surface area contributed by atoms with Crippen LogP contribution in [0.3, 0.4) is 0 Å². The molecular weight excluding hydrogens is 311 g/mol. The molecule has 0 aliphatic carbocycles. The number of rotatable bonds is 7. The lowest BCUT2D eigenvalue weighted by Gasteiger charge is -2.36. The second kappa shape index (κ2) is 7.48. The van der Waals surface area contributed by atoms with E-state index in [2.05, 4.69) is 39.0 Å². The van der Waals surface area contributed by atoms with Gasteiger partial charge in [-0.1, -0.05) is 20.8 Å². The minimum Gasteiger partial charge on any atom is -0.414 e. The van der Waals surface area contributed by atoms with Crippen molar-refractivity contribution < 1.29 is 18.9 Å². The minimum absolute atomic E-state index is 0.116. The van der Waals surface area contributed by atoms with Crippen molar-refractivity contribution in [2.75, 3.05) is 19.8 Å². The third kappa shape index (κ3) is 4.67. The maximum atomic E-state index is 6.12. The van der Waals surface area contributed by atoms with E-state index in [0.717, 1.165) is 11.3 Å². The Morgan fingerprint density at radius 3 is 2.74 bits per heavy atom. The molecule has 0 bridgehead atoms. The highest BCUT2D eigenvalue weighted by Crippen LogP contribution is 2.36. The second-order valence-electron chi connectivity index (χ2n) is 7.45. The van der Waals surface area contributed by atoms with E-state index in [0.29, 0.717) is 26.4 Å². The quantitative estimate of drug-likeness (QED) is 0.434. The number of nitrogens with zero attached hydrogens (tertiary/aromatic N) is 2. The van der Waals surface area contributed by atoms with Crippen LogP contribution in [0, 0.1) is 0 Å². The summed E-state index contributed by atoms with van der Waals surface area (Å²) in [5.41, 5.74) is 2.14. The first kappa shape index (κ1) is 18.7. The lowest BCUT2D eigenvalue weighted by Crippen LogP contribution is -2.41. The van der Waals surface area contributed by atoms with Gasteiger partial charge in [0.1, 0.15) is 0 Å². The molecule has 6 nitrogen and oxygen atoms in total. The summed E-state index contributed by atoms with van der Waals surface area (Å²) in [7, 11) is 1.92. The van der Waals surface area contributed by atoms with Gasteiger partial charge in [-0.3, -0.25) is 9.57 Å². The second-order valence-corrected chi connectivity index (χ2v) is 12.3. The van der Waals surface area contributed by atoms with Gasteiger partial charge < -0.3 is 14.0 Å². The Morgan fingerprint density at radius 2 is 2.13 bits per heavy atom. The number of ether oxygens (including phenoxy) is 1. The van der Waals surface area contributed by atoms with Crippen molar-refractivity contribution in [3.8, 4) is 0 Å². The average molecular weight is 339 g/mol. The van der Waals surface area contributed by atoms with Crippen LogP contribution in [0.4, 0.5) is 0 Å². The van der Waals surface area contributed by atoms with E-state index in [4.69, 9.17) is 18.9 Å². The summed E-state index contributed by atoms with van der Waals surface area (Å²) >= 11 is 0. The standard InChI is InChI=1S/C15H28BN2O4Si/c1-15(2,3)23(5,6)21-8-7-19-11-14-12(9-17-18(14)4)13-10-20-22-16-13/h9,13H,7-8,10-11H2,1-6H3. The van der Waals surface area contributed by atoms with Crippen LogP contribution >= 0.6 is 0 Å². The molecule has 0 saturated carbocycles. The molecule has 1 aliphatic rings. The molecule has 23 heavy (non-hydrogen) atoms. The zero-order chi connectivity index (χ0) is 17.1. The molecule has 1 unspecified atom stereocenters. The lowest BCUT2D eigenvalue weighted by atomic mass is 9.77. The predicted octanol–water partition coefficient (Wildman–Crippen LogP) is 2.58. The van der Waals surface area contributed by atoms with Gasteiger partial charge in [0.25, 0.3) is 0 Å². The fourth-order valence-electron chi connectivity index (χ4n) is 2.13. The van der Waals surface area contributed by atoms with Crippen LogP contribution in [0.15, 0.2) is 6.20 Å². The van der Waals surface area contributed by atoms with E-state index < -0.39 is 8.32 Å². The topological polar surface area (TPSA) is 54.7 Å². The van der Waals surface area contributed by atoms with Crippen LogP contribution in [0.5, 0.6) is 0 Å². The molecular formula is C15H28BN2O4Si. The maximum absolute atomic E-state index is 6.12. The molecule has 1 aromatic rings. The van der Waals surface area contributed by atoms with E-state index in [9.17, 15) is 0 Å². The van der Waals surface area contributed by atoms with Gasteiger partial charge >= 0.3 is 7.48 Å². The molecule has 8 heteroatoms. The van der Waals surface area contributed by atoms with E-state index in [1.807, 2.05) is 17.9 Å². The van der Waals surface area contributed by atoms with Crippen molar-refractivity contribution in [1.82, 2.24) is 9.78 Å². The normalized spacial score (nSPS) is 19.1. The number of hydrogen-bond donors (Lipinski definition) is 0. The molecule has 0 amide bonds. The van der Waals surface area contributed by atoms with Gasteiger partial charge in [0, 0.05) is 12.9 Å². The smallest absolute Gasteiger partial charge is 0.355 e. The van der Waals surface area contributed by atoms with Crippen LogP contribution in [-0.4, -0.2) is 45.4 Å². The highest BCUT2D eigenvalue weighted by molar-refractivity contribution is 6.74. The lowest BCUT2D eigenvalue weighted by molar-refractivity contribution is -0.183. The fourth-order valence-corrected chi connectivity index (χ4v) is 3.16. The highest BCUT2D eigenvalue weighted by atomic mass is 28.4. The van der Waals surface area contributed by atoms with Gasteiger partial charge in [0.05, 0.1) is 38.3 Å². The van der Waals surface area contributed by atoms with Gasteiger partial charge in [-0.25, -0.2) is 0 Å². The van der Waals surface area contributed by atoms with Crippen LogP contribution in [0.1, 0.15) is 37.8 Å². The van der Waals surface area contributed by atoms with Crippen molar-refractivity contribution in [2.45, 2.75) is 51.3 Å². The highest BCUT2D eigenvalue weighted by Gasteiger charge is 2.36. The Kier molecular flexibility index (Phi) is 6.07. The van der Waals surface area contributed by atoms with E-state index in [1.165, 1.54) is 0 Å². The molecule has 1 atom stereocenters. The minimum atomic E-state index is -1.70. The van der Waals surface area contributed by atoms with Crippen molar-refractivity contribution in [1.29, 1.82) is 0 Å². The van der Waals surface area contributed by atoms with E-state index in [-0.39, 0.29) is 10.9 Å². The van der Waals surface area contributed by atoms with Crippen LogP contribution in [0.2, 0.25) is 18.1 Å². The van der Waals surface area contributed by atoms with Gasteiger partial charge in [-0.15, -0.1) is 0 Å². The van der Waals surface area contributed by atoms with Gasteiger partial charge in [0.2, 0.25) is 0 Å². The van der Waals surface area contributed by atoms with Crippen molar-refractivity contribution >= 4 is 15.8 Å². The monoisotopic (exact) mass is 339 g/mol. The maximum Gasteiger partial charge on any atom is 0.355 e. The zero-order valence-electron chi connectivity index (χ0n) is 15.1. The summed E-state index contributed by atoms with van der Waals surface area (Å²) in [6.07, 6.45) is 1.85. The molecule has 1 aliphatic heterocycles. The molecule has 0 N–H and O–H groups in total. The third-order valence-corrected chi connectivity index (χ3v) is 9.30. The molecule has 1 radical (unpaired) electrons. The predicted molar refractivity (Wildman–Crippen MR) is 91.5 cm³/mol. The van der Waals surface area contributed by atoms with Crippen molar-refractivity contribution in [3.05, 3.63) is 17.5 Å². The number of aromatic nitrogens is 2. The molecule has 1 fully saturated rings. The van der Waals surface area contributed by atoms with E-state index >= 15 is 0 Å². The average Bonchev–Trinajstić information content (AvgIpc) is 3.07. The Morgan fingerprint density at radius 1 is 1.39 bits per heavy atom. The first-order valence-corrected chi connectivity index (χ1v) is 11.0. The third-order valence-electron chi connectivity index (χ3n) is 4.76. The Bertz CT molecular complexity index is 510. The number of hydrogen-bond acceptors (Lipinski definition) is 5.